The van der Waals surface area contributed by atoms with Gasteiger partial charge in [-0.3, -0.25) is 4.79 Å². The maximum Gasteiger partial charge on any atom is 0.307 e. The van der Waals surface area contributed by atoms with Gasteiger partial charge in [-0.1, -0.05) is 48.5 Å². The highest BCUT2D eigenvalue weighted by Gasteiger charge is 2.14. The first-order valence-corrected chi connectivity index (χ1v) is 11.5. The van der Waals surface area contributed by atoms with Gasteiger partial charge in [0.1, 0.15) is 18.0 Å². The van der Waals surface area contributed by atoms with Gasteiger partial charge in [-0.25, -0.2) is 9.82 Å². The average Bonchev–Trinajstić information content (AvgIpc) is 3.34. The van der Waals surface area contributed by atoms with Gasteiger partial charge in [0.15, 0.2) is 17.3 Å². The molecule has 1 aromatic heterocycles. The molecule has 0 aliphatic heterocycles. The van der Waals surface area contributed by atoms with E-state index >= 15 is 0 Å². The van der Waals surface area contributed by atoms with Crippen LogP contribution in [0.15, 0.2) is 94.4 Å². The Hall–Kier alpha value is -4.65. The number of carbonyl (C=O) groups excluding carboxylic acids is 1. The molecule has 0 aliphatic carbocycles. The van der Waals surface area contributed by atoms with Crippen molar-refractivity contribution in [3.63, 3.8) is 0 Å². The largest absolute Gasteiger partial charge is 0.490 e. The molecule has 1 heterocycles. The Bertz CT molecular complexity index is 1570. The number of hydrazone groups is 1. The Morgan fingerprint density at radius 2 is 1.78 bits per heavy atom. The summed E-state index contributed by atoms with van der Waals surface area (Å²) in [5.41, 5.74) is 4.27. The van der Waals surface area contributed by atoms with Crippen LogP contribution in [0.4, 0.5) is 4.39 Å². The summed E-state index contributed by atoms with van der Waals surface area (Å²) in [4.78, 5) is 12.6. The van der Waals surface area contributed by atoms with E-state index in [1.165, 1.54) is 12.3 Å². The van der Waals surface area contributed by atoms with Crippen molar-refractivity contribution >= 4 is 33.9 Å². The SMILES string of the molecule is CCOc1cc(C=NNC(=O)c2cc3c(ccc4ccccc43)o2)ccc1OCc1ccccc1F. The van der Waals surface area contributed by atoms with Gasteiger partial charge in [0.25, 0.3) is 0 Å². The van der Waals surface area contributed by atoms with Crippen molar-refractivity contribution < 1.29 is 23.1 Å². The highest BCUT2D eigenvalue weighted by Crippen LogP contribution is 2.30. The minimum atomic E-state index is -0.457. The summed E-state index contributed by atoms with van der Waals surface area (Å²) in [6.07, 6.45) is 1.50. The molecule has 0 radical (unpaired) electrons. The van der Waals surface area contributed by atoms with Crippen molar-refractivity contribution in [1.29, 1.82) is 0 Å². The number of nitrogens with one attached hydrogen (secondary N) is 1. The summed E-state index contributed by atoms with van der Waals surface area (Å²) in [6.45, 7) is 2.36. The summed E-state index contributed by atoms with van der Waals surface area (Å²) in [6, 6.07) is 25.1. The fourth-order valence-electron chi connectivity index (χ4n) is 3.89. The molecule has 4 aromatic carbocycles. The van der Waals surface area contributed by atoms with Crippen LogP contribution in [0.25, 0.3) is 21.7 Å². The summed E-state index contributed by atoms with van der Waals surface area (Å²) in [5.74, 6) is 0.364. The number of hydrogen-bond donors (Lipinski definition) is 1. The van der Waals surface area contributed by atoms with Crippen LogP contribution in [0.2, 0.25) is 0 Å². The smallest absolute Gasteiger partial charge is 0.307 e. The molecule has 1 amide bonds. The van der Waals surface area contributed by atoms with E-state index in [1.54, 1.807) is 42.5 Å². The predicted molar refractivity (Wildman–Crippen MR) is 137 cm³/mol. The lowest BCUT2D eigenvalue weighted by Gasteiger charge is -2.13. The number of carbonyl (C=O) groups is 1. The normalized spacial score (nSPS) is 11.3. The number of benzene rings is 4. The number of amides is 1. The molecular formula is C29H23FN2O4. The number of nitrogens with zero attached hydrogens (tertiary/aromatic N) is 1. The standard InChI is InChI=1S/C29H23FN2O4/c1-2-34-27-15-19(11-13-26(27)35-18-21-8-4-6-10-24(21)30)17-31-32-29(33)28-16-23-22-9-5-3-7-20(22)12-14-25(23)36-28/h3-17H,2,18H2,1H3,(H,32,33). The Balaban J connectivity index is 1.28. The molecule has 0 unspecified atom stereocenters. The van der Waals surface area contributed by atoms with E-state index in [0.717, 1.165) is 16.2 Å². The van der Waals surface area contributed by atoms with E-state index in [0.29, 0.717) is 34.8 Å². The third-order valence-corrected chi connectivity index (χ3v) is 5.64. The molecule has 5 aromatic rings. The number of furan rings is 1. The zero-order chi connectivity index (χ0) is 24.9. The van der Waals surface area contributed by atoms with Gasteiger partial charge in [0.2, 0.25) is 0 Å². The van der Waals surface area contributed by atoms with Crippen molar-refractivity contribution in [2.45, 2.75) is 13.5 Å². The molecule has 0 aliphatic rings. The average molecular weight is 483 g/mol. The lowest BCUT2D eigenvalue weighted by Crippen LogP contribution is -2.16. The van der Waals surface area contributed by atoms with Gasteiger partial charge in [0, 0.05) is 10.9 Å². The van der Waals surface area contributed by atoms with Gasteiger partial charge < -0.3 is 13.9 Å². The summed E-state index contributed by atoms with van der Waals surface area (Å²) < 4.78 is 31.1. The van der Waals surface area contributed by atoms with Crippen molar-refractivity contribution in [1.82, 2.24) is 5.43 Å². The van der Waals surface area contributed by atoms with E-state index in [9.17, 15) is 9.18 Å². The van der Waals surface area contributed by atoms with E-state index in [-0.39, 0.29) is 18.2 Å². The van der Waals surface area contributed by atoms with E-state index in [1.807, 2.05) is 43.3 Å². The molecule has 180 valence electrons. The van der Waals surface area contributed by atoms with Crippen LogP contribution in [0.5, 0.6) is 11.5 Å². The van der Waals surface area contributed by atoms with Crippen molar-refractivity contribution in [2.75, 3.05) is 6.61 Å². The van der Waals surface area contributed by atoms with Gasteiger partial charge in [-0.05, 0) is 59.7 Å². The van der Waals surface area contributed by atoms with E-state index in [2.05, 4.69) is 10.5 Å². The fourth-order valence-corrected chi connectivity index (χ4v) is 3.89. The second-order valence-corrected chi connectivity index (χ2v) is 8.03. The second kappa shape index (κ2) is 10.3. The molecule has 0 fully saturated rings. The van der Waals surface area contributed by atoms with Crippen LogP contribution in [0, 0.1) is 5.82 Å². The minimum Gasteiger partial charge on any atom is -0.490 e. The maximum atomic E-state index is 13.9. The first kappa shape index (κ1) is 23.1. The third kappa shape index (κ3) is 4.90. The Labute approximate surface area is 206 Å². The number of ether oxygens (including phenoxy) is 2. The Kier molecular flexibility index (Phi) is 6.62. The van der Waals surface area contributed by atoms with Crippen LogP contribution in [-0.4, -0.2) is 18.7 Å². The van der Waals surface area contributed by atoms with Crippen LogP contribution in [-0.2, 0) is 6.61 Å². The molecular weight excluding hydrogens is 459 g/mol. The molecule has 0 bridgehead atoms. The van der Waals surface area contributed by atoms with Crippen molar-refractivity contribution in [2.24, 2.45) is 5.10 Å². The molecule has 1 N–H and O–H groups in total. The topological polar surface area (TPSA) is 73.1 Å². The molecule has 0 atom stereocenters. The number of fused-ring (bicyclic) bond motifs is 3. The second-order valence-electron chi connectivity index (χ2n) is 8.03. The highest BCUT2D eigenvalue weighted by atomic mass is 19.1. The summed E-state index contributed by atoms with van der Waals surface area (Å²) in [5, 5.41) is 7.01. The minimum absolute atomic E-state index is 0.0724. The summed E-state index contributed by atoms with van der Waals surface area (Å²) in [7, 11) is 0. The fraction of sp³-hybridized carbons (Fsp3) is 0.103. The van der Waals surface area contributed by atoms with Crippen molar-refractivity contribution in [3.8, 4) is 11.5 Å². The van der Waals surface area contributed by atoms with Crippen LogP contribution in [0.1, 0.15) is 28.6 Å². The molecule has 0 saturated carbocycles. The lowest BCUT2D eigenvalue weighted by molar-refractivity contribution is 0.0929. The predicted octanol–water partition coefficient (Wildman–Crippen LogP) is 6.47. The van der Waals surface area contributed by atoms with E-state index in [4.69, 9.17) is 13.9 Å². The third-order valence-electron chi connectivity index (χ3n) is 5.64. The Morgan fingerprint density at radius 1 is 0.944 bits per heavy atom. The molecule has 5 rings (SSSR count). The zero-order valence-corrected chi connectivity index (χ0v) is 19.5. The number of halogens is 1. The highest BCUT2D eigenvalue weighted by molar-refractivity contribution is 6.08. The quantitative estimate of drug-likeness (QED) is 0.203. The lowest BCUT2D eigenvalue weighted by atomic mass is 10.1. The molecule has 0 saturated heterocycles. The van der Waals surface area contributed by atoms with Gasteiger partial charge in [-0.2, -0.15) is 5.10 Å². The van der Waals surface area contributed by atoms with E-state index < -0.39 is 5.91 Å². The van der Waals surface area contributed by atoms with Gasteiger partial charge in [-0.15, -0.1) is 0 Å². The first-order valence-electron chi connectivity index (χ1n) is 11.5. The van der Waals surface area contributed by atoms with Gasteiger partial charge in [0.05, 0.1) is 12.8 Å². The molecule has 36 heavy (non-hydrogen) atoms. The number of hydrogen-bond acceptors (Lipinski definition) is 5. The molecule has 6 nitrogen and oxygen atoms in total. The summed E-state index contributed by atoms with van der Waals surface area (Å²) >= 11 is 0. The van der Waals surface area contributed by atoms with Crippen molar-refractivity contribution in [3.05, 3.63) is 108 Å². The molecule has 7 heteroatoms. The first-order chi connectivity index (χ1) is 17.6. The zero-order valence-electron chi connectivity index (χ0n) is 19.5. The maximum absolute atomic E-state index is 13.9. The Morgan fingerprint density at radius 3 is 2.64 bits per heavy atom. The van der Waals surface area contributed by atoms with Crippen LogP contribution in [0.3, 0.4) is 0 Å². The van der Waals surface area contributed by atoms with Gasteiger partial charge >= 0.3 is 5.91 Å². The monoisotopic (exact) mass is 482 g/mol. The molecule has 0 spiro atoms. The van der Waals surface area contributed by atoms with Crippen LogP contribution < -0.4 is 14.9 Å². The van der Waals surface area contributed by atoms with Crippen LogP contribution >= 0.6 is 0 Å². The number of rotatable bonds is 8.